The van der Waals surface area contributed by atoms with Crippen molar-refractivity contribution in [2.45, 2.75) is 64.8 Å². The Balaban J connectivity index is 1.38. The number of hydrogen-bond acceptors (Lipinski definition) is 5. The summed E-state index contributed by atoms with van der Waals surface area (Å²) >= 11 is 0. The van der Waals surface area contributed by atoms with Crippen LogP contribution in [0, 0.1) is 17.8 Å². The summed E-state index contributed by atoms with van der Waals surface area (Å²) in [5.41, 5.74) is 2.53. The molecular formula is C28H34F3N3O3. The molecule has 1 saturated carbocycles. The van der Waals surface area contributed by atoms with Crippen molar-refractivity contribution >= 4 is 11.9 Å². The number of benzene rings is 1. The molecule has 1 aromatic carbocycles. The third-order valence-electron chi connectivity index (χ3n) is 7.54. The maximum atomic E-state index is 12.9. The summed E-state index contributed by atoms with van der Waals surface area (Å²) in [5, 5.41) is 3.02. The number of methoxy groups -OCH3 is 1. The quantitative estimate of drug-likeness (QED) is 0.490. The summed E-state index contributed by atoms with van der Waals surface area (Å²) in [4.78, 5) is 31.4. The highest BCUT2D eigenvalue weighted by Crippen LogP contribution is 2.39. The molecule has 2 aliphatic rings. The molecule has 1 unspecified atom stereocenters. The lowest BCUT2D eigenvalue weighted by atomic mass is 9.82. The molecule has 0 saturated heterocycles. The van der Waals surface area contributed by atoms with E-state index in [2.05, 4.69) is 29.0 Å². The molecule has 2 heterocycles. The molecule has 0 radical (unpaired) electrons. The fourth-order valence-corrected chi connectivity index (χ4v) is 5.56. The van der Waals surface area contributed by atoms with Crippen molar-refractivity contribution in [1.82, 2.24) is 15.2 Å². The Kier molecular flexibility index (Phi) is 8.21. The molecular weight excluding hydrogens is 483 g/mol. The van der Waals surface area contributed by atoms with Gasteiger partial charge in [-0.05, 0) is 66.8 Å². The van der Waals surface area contributed by atoms with Crippen molar-refractivity contribution in [1.29, 1.82) is 0 Å². The van der Waals surface area contributed by atoms with Crippen molar-refractivity contribution < 1.29 is 27.5 Å². The number of ether oxygens (including phenoxy) is 1. The summed E-state index contributed by atoms with van der Waals surface area (Å²) in [7, 11) is 1.41. The van der Waals surface area contributed by atoms with Crippen LogP contribution in [0.15, 0.2) is 36.5 Å². The van der Waals surface area contributed by atoms with Gasteiger partial charge in [0.05, 0.1) is 35.9 Å². The van der Waals surface area contributed by atoms with Gasteiger partial charge >= 0.3 is 12.1 Å². The molecule has 1 atom stereocenters. The van der Waals surface area contributed by atoms with E-state index in [0.29, 0.717) is 31.1 Å². The highest BCUT2D eigenvalue weighted by atomic mass is 19.4. The molecule has 0 spiro atoms. The second kappa shape index (κ2) is 11.2. The van der Waals surface area contributed by atoms with E-state index in [1.807, 2.05) is 6.07 Å². The Bertz CT molecular complexity index is 1110. The van der Waals surface area contributed by atoms with E-state index in [1.54, 1.807) is 6.20 Å². The molecule has 1 N–H and O–H groups in total. The van der Waals surface area contributed by atoms with Gasteiger partial charge in [0.2, 0.25) is 0 Å². The lowest BCUT2D eigenvalue weighted by Crippen LogP contribution is -2.32. The van der Waals surface area contributed by atoms with E-state index in [1.165, 1.54) is 19.2 Å². The number of nitrogens with zero attached hydrogens (tertiary/aromatic N) is 2. The minimum absolute atomic E-state index is 0.0133. The van der Waals surface area contributed by atoms with Gasteiger partial charge in [-0.3, -0.25) is 19.5 Å². The summed E-state index contributed by atoms with van der Waals surface area (Å²) in [6.07, 6.45) is 0.554. The van der Waals surface area contributed by atoms with Crippen LogP contribution in [0.2, 0.25) is 0 Å². The third kappa shape index (κ3) is 6.32. The van der Waals surface area contributed by atoms with E-state index in [-0.39, 0.29) is 29.8 Å². The number of hydrogen-bond donors (Lipinski definition) is 1. The minimum atomic E-state index is -4.35. The summed E-state index contributed by atoms with van der Waals surface area (Å²) < 4.78 is 43.6. The van der Waals surface area contributed by atoms with Crippen LogP contribution < -0.4 is 5.32 Å². The summed E-state index contributed by atoms with van der Waals surface area (Å²) in [5.74, 6) is 0.198. The molecule has 1 fully saturated rings. The second-order valence-electron chi connectivity index (χ2n) is 10.5. The van der Waals surface area contributed by atoms with Crippen molar-refractivity contribution in [2.75, 3.05) is 13.7 Å². The average Bonchev–Trinajstić information content (AvgIpc) is 3.24. The van der Waals surface area contributed by atoms with Gasteiger partial charge in [-0.15, -0.1) is 0 Å². The fourth-order valence-electron chi connectivity index (χ4n) is 5.56. The van der Waals surface area contributed by atoms with E-state index < -0.39 is 11.7 Å². The van der Waals surface area contributed by atoms with Crippen LogP contribution in [0.25, 0.3) is 0 Å². The minimum Gasteiger partial charge on any atom is -0.469 e. The predicted octanol–water partition coefficient (Wildman–Crippen LogP) is 5.52. The number of fused-ring (bicyclic) bond motifs is 1. The number of carbonyl (C=O) groups is 2. The zero-order valence-corrected chi connectivity index (χ0v) is 21.5. The SMILES string of the molecule is COC(=O)C1CCC(CNC(=O)c2cnc3c(c2)CN(Cc2ccc(C(F)(F)F)cc2)C3C(C)C)CC1. The molecule has 1 amide bonds. The number of pyridine rings is 1. The number of halogens is 3. The number of alkyl halides is 3. The van der Waals surface area contributed by atoms with Gasteiger partial charge in [-0.2, -0.15) is 13.2 Å². The first-order valence-electron chi connectivity index (χ1n) is 12.8. The second-order valence-corrected chi connectivity index (χ2v) is 10.5. The Morgan fingerprint density at radius 1 is 1.14 bits per heavy atom. The number of esters is 1. The third-order valence-corrected chi connectivity index (χ3v) is 7.54. The molecule has 1 aliphatic carbocycles. The zero-order chi connectivity index (χ0) is 26.7. The Morgan fingerprint density at radius 3 is 2.41 bits per heavy atom. The van der Waals surface area contributed by atoms with Crippen molar-refractivity contribution in [3.63, 3.8) is 0 Å². The number of aromatic nitrogens is 1. The molecule has 1 aliphatic heterocycles. The Morgan fingerprint density at radius 2 is 1.81 bits per heavy atom. The van der Waals surface area contributed by atoms with Crippen molar-refractivity contribution in [3.8, 4) is 0 Å². The van der Waals surface area contributed by atoms with Crippen LogP contribution in [0.3, 0.4) is 0 Å². The smallest absolute Gasteiger partial charge is 0.416 e. The number of amides is 1. The highest BCUT2D eigenvalue weighted by Gasteiger charge is 2.35. The van der Waals surface area contributed by atoms with Crippen LogP contribution in [0.5, 0.6) is 0 Å². The molecule has 4 rings (SSSR count). The lowest BCUT2D eigenvalue weighted by molar-refractivity contribution is -0.146. The van der Waals surface area contributed by atoms with Gasteiger partial charge < -0.3 is 10.1 Å². The van der Waals surface area contributed by atoms with Crippen LogP contribution in [0.1, 0.15) is 78.3 Å². The normalized spacial score (nSPS) is 22.1. The first-order chi connectivity index (χ1) is 17.6. The van der Waals surface area contributed by atoms with Crippen LogP contribution in [0.4, 0.5) is 13.2 Å². The first kappa shape index (κ1) is 27.1. The lowest BCUT2D eigenvalue weighted by Gasteiger charge is -2.27. The maximum Gasteiger partial charge on any atom is 0.416 e. The molecule has 37 heavy (non-hydrogen) atoms. The molecule has 2 aromatic rings. The Hall–Kier alpha value is -2.94. The van der Waals surface area contributed by atoms with Crippen LogP contribution in [-0.4, -0.2) is 35.4 Å². The molecule has 0 bridgehead atoms. The molecule has 9 heteroatoms. The van der Waals surface area contributed by atoms with Gasteiger partial charge in [0, 0.05) is 25.8 Å². The number of rotatable bonds is 7. The van der Waals surface area contributed by atoms with Gasteiger partial charge in [-0.25, -0.2) is 0 Å². The van der Waals surface area contributed by atoms with E-state index in [4.69, 9.17) is 4.74 Å². The van der Waals surface area contributed by atoms with Crippen molar-refractivity contribution in [2.24, 2.45) is 17.8 Å². The number of nitrogens with one attached hydrogen (secondary N) is 1. The molecule has 6 nitrogen and oxygen atoms in total. The highest BCUT2D eigenvalue weighted by molar-refractivity contribution is 5.94. The largest absolute Gasteiger partial charge is 0.469 e. The molecule has 200 valence electrons. The zero-order valence-electron chi connectivity index (χ0n) is 21.5. The maximum absolute atomic E-state index is 12.9. The van der Waals surface area contributed by atoms with Crippen LogP contribution >= 0.6 is 0 Å². The predicted molar refractivity (Wildman–Crippen MR) is 132 cm³/mol. The summed E-state index contributed by atoms with van der Waals surface area (Å²) in [6, 6.07) is 7.17. The monoisotopic (exact) mass is 517 g/mol. The standard InChI is InChI=1S/C28H34F3N3O3/c1-17(2)25-24-22(16-34(25)15-19-6-10-23(11-7-19)28(29,30)31)12-21(14-32-24)26(35)33-13-18-4-8-20(9-5-18)27(36)37-3/h6-7,10-12,14,17-18,20,25H,4-5,8-9,13,15-16H2,1-3H3,(H,33,35). The topological polar surface area (TPSA) is 71.5 Å². The van der Waals surface area contributed by atoms with E-state index in [9.17, 15) is 22.8 Å². The van der Waals surface area contributed by atoms with Gasteiger partial charge in [-0.1, -0.05) is 26.0 Å². The van der Waals surface area contributed by atoms with Gasteiger partial charge in [0.25, 0.3) is 5.91 Å². The van der Waals surface area contributed by atoms with Gasteiger partial charge in [0.15, 0.2) is 0 Å². The van der Waals surface area contributed by atoms with E-state index >= 15 is 0 Å². The summed E-state index contributed by atoms with van der Waals surface area (Å²) in [6.45, 7) is 5.81. The average molecular weight is 518 g/mol. The van der Waals surface area contributed by atoms with Crippen LogP contribution in [-0.2, 0) is 28.8 Å². The van der Waals surface area contributed by atoms with Gasteiger partial charge in [0.1, 0.15) is 0 Å². The van der Waals surface area contributed by atoms with E-state index in [0.717, 1.165) is 54.6 Å². The van der Waals surface area contributed by atoms with Crippen molar-refractivity contribution in [3.05, 3.63) is 64.5 Å². The molecule has 1 aromatic heterocycles. The number of carbonyl (C=O) groups excluding carboxylic acids is 2. The Labute approximate surface area is 215 Å². The first-order valence-corrected chi connectivity index (χ1v) is 12.8. The fraction of sp³-hybridized carbons (Fsp3) is 0.536.